The number of carbonyl (C=O) groups excluding carboxylic acids is 1. The molecule has 0 radical (unpaired) electrons. The molecule has 16 heavy (non-hydrogen) atoms. The Morgan fingerprint density at radius 3 is 2.88 bits per heavy atom. The van der Waals surface area contributed by atoms with E-state index >= 15 is 0 Å². The van der Waals surface area contributed by atoms with E-state index in [1.807, 2.05) is 0 Å². The summed E-state index contributed by atoms with van der Waals surface area (Å²) in [5, 5.41) is 0. The normalized spacial score (nSPS) is 10.2. The molecule has 0 atom stereocenters. The third-order valence-electron chi connectivity index (χ3n) is 2.43. The molecule has 0 saturated heterocycles. The van der Waals surface area contributed by atoms with E-state index in [2.05, 4.69) is 11.9 Å². The van der Waals surface area contributed by atoms with Crippen LogP contribution in [0.2, 0.25) is 0 Å². The van der Waals surface area contributed by atoms with Crippen molar-refractivity contribution >= 4 is 5.91 Å². The van der Waals surface area contributed by atoms with Gasteiger partial charge in [-0.2, -0.15) is 4.39 Å². The quantitative estimate of drug-likeness (QED) is 0.568. The number of pyridine rings is 1. The van der Waals surface area contributed by atoms with Gasteiger partial charge in [0.05, 0.1) is 5.56 Å². The molecular formula is C12H17FN2O. The van der Waals surface area contributed by atoms with Crippen molar-refractivity contribution in [2.24, 2.45) is 0 Å². The predicted octanol–water partition coefficient (Wildman–Crippen LogP) is 2.48. The lowest BCUT2D eigenvalue weighted by Gasteiger charge is -2.16. The van der Waals surface area contributed by atoms with Crippen LogP contribution in [-0.4, -0.2) is 29.4 Å². The molecule has 3 nitrogen and oxygen atoms in total. The van der Waals surface area contributed by atoms with Gasteiger partial charge in [0.1, 0.15) is 0 Å². The first-order valence-electron chi connectivity index (χ1n) is 5.52. The van der Waals surface area contributed by atoms with Crippen molar-refractivity contribution in [3.8, 4) is 0 Å². The van der Waals surface area contributed by atoms with Crippen molar-refractivity contribution in [3.05, 3.63) is 29.8 Å². The zero-order valence-corrected chi connectivity index (χ0v) is 9.74. The average Bonchev–Trinajstić information content (AvgIpc) is 2.29. The first-order chi connectivity index (χ1) is 7.66. The maximum Gasteiger partial charge on any atom is 0.258 e. The molecule has 0 aromatic carbocycles. The number of rotatable bonds is 5. The van der Waals surface area contributed by atoms with Crippen molar-refractivity contribution in [1.82, 2.24) is 9.88 Å². The van der Waals surface area contributed by atoms with E-state index in [1.165, 1.54) is 17.2 Å². The van der Waals surface area contributed by atoms with Crippen LogP contribution in [-0.2, 0) is 0 Å². The largest absolute Gasteiger partial charge is 0.342 e. The third kappa shape index (κ3) is 3.29. The number of hydrogen-bond acceptors (Lipinski definition) is 2. The molecule has 0 aliphatic heterocycles. The minimum absolute atomic E-state index is 0.0431. The Balaban J connectivity index is 2.60. The number of aromatic nitrogens is 1. The molecule has 1 rings (SSSR count). The molecule has 4 heteroatoms. The van der Waals surface area contributed by atoms with Gasteiger partial charge in [0.2, 0.25) is 5.95 Å². The number of nitrogens with zero attached hydrogens (tertiary/aromatic N) is 2. The highest BCUT2D eigenvalue weighted by molar-refractivity contribution is 5.93. The molecule has 0 unspecified atom stereocenters. The summed E-state index contributed by atoms with van der Waals surface area (Å²) in [5.74, 6) is -1.00. The van der Waals surface area contributed by atoms with E-state index in [4.69, 9.17) is 0 Å². The summed E-state index contributed by atoms with van der Waals surface area (Å²) in [6, 6.07) is 3.02. The second-order valence-electron chi connectivity index (χ2n) is 3.78. The number of amides is 1. The standard InChI is InChI=1S/C12H17FN2O/c1-3-4-5-9-15(2)12(16)10-7-6-8-14-11(10)13/h6-8H,3-5,9H2,1-2H3. The fourth-order valence-corrected chi connectivity index (χ4v) is 1.45. The van der Waals surface area contributed by atoms with Crippen molar-refractivity contribution in [2.45, 2.75) is 26.2 Å². The van der Waals surface area contributed by atoms with E-state index < -0.39 is 5.95 Å². The van der Waals surface area contributed by atoms with Crippen molar-refractivity contribution in [2.75, 3.05) is 13.6 Å². The lowest BCUT2D eigenvalue weighted by molar-refractivity contribution is 0.0787. The lowest BCUT2D eigenvalue weighted by atomic mass is 10.2. The Kier molecular flexibility index (Phi) is 4.89. The monoisotopic (exact) mass is 224 g/mol. The smallest absolute Gasteiger partial charge is 0.258 e. The van der Waals surface area contributed by atoms with Crippen LogP contribution in [0.4, 0.5) is 4.39 Å². The summed E-state index contributed by atoms with van der Waals surface area (Å²) in [5.41, 5.74) is 0.0431. The molecule has 1 aromatic rings. The molecule has 1 amide bonds. The van der Waals surface area contributed by atoms with Crippen molar-refractivity contribution in [3.63, 3.8) is 0 Å². The second kappa shape index (κ2) is 6.20. The van der Waals surface area contributed by atoms with Gasteiger partial charge >= 0.3 is 0 Å². The Morgan fingerprint density at radius 1 is 1.50 bits per heavy atom. The summed E-state index contributed by atoms with van der Waals surface area (Å²) in [7, 11) is 1.68. The molecule has 0 aliphatic carbocycles. The summed E-state index contributed by atoms with van der Waals surface area (Å²) >= 11 is 0. The van der Waals surface area contributed by atoms with Crippen LogP contribution in [0.15, 0.2) is 18.3 Å². The van der Waals surface area contributed by atoms with Crippen molar-refractivity contribution < 1.29 is 9.18 Å². The van der Waals surface area contributed by atoms with Gasteiger partial charge in [0, 0.05) is 19.8 Å². The average molecular weight is 224 g/mol. The van der Waals surface area contributed by atoms with Crippen LogP contribution >= 0.6 is 0 Å². The predicted molar refractivity (Wildman–Crippen MR) is 60.7 cm³/mol. The van der Waals surface area contributed by atoms with Gasteiger partial charge in [-0.05, 0) is 18.6 Å². The highest BCUT2D eigenvalue weighted by atomic mass is 19.1. The Hall–Kier alpha value is -1.45. The second-order valence-corrected chi connectivity index (χ2v) is 3.78. The zero-order valence-electron chi connectivity index (χ0n) is 9.74. The Labute approximate surface area is 95.3 Å². The minimum Gasteiger partial charge on any atom is -0.342 e. The highest BCUT2D eigenvalue weighted by Gasteiger charge is 2.15. The summed E-state index contributed by atoms with van der Waals surface area (Å²) in [6.07, 6.45) is 4.46. The zero-order chi connectivity index (χ0) is 12.0. The van der Waals surface area contributed by atoms with E-state index in [1.54, 1.807) is 13.1 Å². The number of halogens is 1. The Bertz CT molecular complexity index is 355. The van der Waals surface area contributed by atoms with Crippen LogP contribution in [0.5, 0.6) is 0 Å². The molecule has 0 N–H and O–H groups in total. The summed E-state index contributed by atoms with van der Waals surface area (Å²) in [4.78, 5) is 16.8. The van der Waals surface area contributed by atoms with Crippen LogP contribution in [0.1, 0.15) is 36.5 Å². The highest BCUT2D eigenvalue weighted by Crippen LogP contribution is 2.07. The molecule has 1 heterocycles. The SMILES string of the molecule is CCCCCN(C)C(=O)c1cccnc1F. The third-order valence-corrected chi connectivity index (χ3v) is 2.43. The van der Waals surface area contributed by atoms with Crippen molar-refractivity contribution in [1.29, 1.82) is 0 Å². The molecule has 0 fully saturated rings. The molecule has 88 valence electrons. The van der Waals surface area contributed by atoms with E-state index in [0.717, 1.165) is 19.3 Å². The topological polar surface area (TPSA) is 33.2 Å². The van der Waals surface area contributed by atoms with Gasteiger partial charge in [-0.15, -0.1) is 0 Å². The number of unbranched alkanes of at least 4 members (excludes halogenated alkanes) is 2. The summed E-state index contributed by atoms with van der Waals surface area (Å²) < 4.78 is 13.2. The van der Waals surface area contributed by atoms with E-state index in [0.29, 0.717) is 6.54 Å². The minimum atomic E-state index is -0.699. The van der Waals surface area contributed by atoms with Crippen LogP contribution < -0.4 is 0 Å². The van der Waals surface area contributed by atoms with E-state index in [-0.39, 0.29) is 11.5 Å². The van der Waals surface area contributed by atoms with E-state index in [9.17, 15) is 9.18 Å². The van der Waals surface area contributed by atoms with Gasteiger partial charge in [-0.3, -0.25) is 4.79 Å². The van der Waals surface area contributed by atoms with Crippen LogP contribution in [0.3, 0.4) is 0 Å². The fraction of sp³-hybridized carbons (Fsp3) is 0.500. The summed E-state index contributed by atoms with van der Waals surface area (Å²) in [6.45, 7) is 2.75. The van der Waals surface area contributed by atoms with Gasteiger partial charge < -0.3 is 4.90 Å². The van der Waals surface area contributed by atoms with Gasteiger partial charge in [0.25, 0.3) is 5.91 Å². The molecule has 0 saturated carbocycles. The molecular weight excluding hydrogens is 207 g/mol. The first-order valence-corrected chi connectivity index (χ1v) is 5.52. The molecule has 0 spiro atoms. The Morgan fingerprint density at radius 2 is 2.25 bits per heavy atom. The van der Waals surface area contributed by atoms with Gasteiger partial charge in [0.15, 0.2) is 0 Å². The molecule has 0 bridgehead atoms. The molecule has 1 aromatic heterocycles. The lowest BCUT2D eigenvalue weighted by Crippen LogP contribution is -2.28. The maximum atomic E-state index is 13.2. The number of hydrogen-bond donors (Lipinski definition) is 0. The van der Waals surface area contributed by atoms with Gasteiger partial charge in [-0.25, -0.2) is 4.98 Å². The number of carbonyl (C=O) groups is 1. The van der Waals surface area contributed by atoms with Gasteiger partial charge in [-0.1, -0.05) is 19.8 Å². The van der Waals surface area contributed by atoms with Crippen LogP contribution in [0, 0.1) is 5.95 Å². The van der Waals surface area contributed by atoms with Crippen LogP contribution in [0.25, 0.3) is 0 Å². The first kappa shape index (κ1) is 12.6. The molecule has 0 aliphatic rings. The fourth-order valence-electron chi connectivity index (χ4n) is 1.45. The maximum absolute atomic E-state index is 13.2.